The summed E-state index contributed by atoms with van der Waals surface area (Å²) >= 11 is 0. The van der Waals surface area contributed by atoms with E-state index >= 15 is 0 Å². The van der Waals surface area contributed by atoms with Crippen molar-refractivity contribution in [3.8, 4) is 23.3 Å². The highest BCUT2D eigenvalue weighted by Gasteiger charge is 2.47. The number of imidazole rings is 1. The van der Waals surface area contributed by atoms with Crippen LogP contribution in [-0.4, -0.2) is 74.6 Å². The van der Waals surface area contributed by atoms with Gasteiger partial charge in [0.05, 0.1) is 35.5 Å². The number of rotatable bonds is 8. The van der Waals surface area contributed by atoms with Crippen molar-refractivity contribution < 1.29 is 14.3 Å². The second-order valence-corrected chi connectivity index (χ2v) is 14.4. The van der Waals surface area contributed by atoms with Crippen molar-refractivity contribution in [2.45, 2.75) is 50.9 Å². The van der Waals surface area contributed by atoms with Gasteiger partial charge in [0.1, 0.15) is 11.3 Å². The summed E-state index contributed by atoms with van der Waals surface area (Å²) in [5.41, 5.74) is 11.6. The fourth-order valence-corrected chi connectivity index (χ4v) is 8.53. The number of amides is 2. The van der Waals surface area contributed by atoms with Gasteiger partial charge in [-0.25, -0.2) is 4.98 Å². The number of nitriles is 1. The molecule has 4 aliphatic rings. The average molecular weight is 654 g/mol. The van der Waals surface area contributed by atoms with Crippen molar-refractivity contribution in [1.29, 1.82) is 5.26 Å². The van der Waals surface area contributed by atoms with Crippen LogP contribution in [0.5, 0.6) is 5.75 Å². The molecule has 2 saturated carbocycles. The molecule has 4 heterocycles. The molecule has 2 amide bonds. The first kappa shape index (κ1) is 30.0. The van der Waals surface area contributed by atoms with Gasteiger partial charge in [-0.1, -0.05) is 30.3 Å². The quantitative estimate of drug-likeness (QED) is 0.243. The maximum atomic E-state index is 14.0. The summed E-state index contributed by atoms with van der Waals surface area (Å²) in [5.74, 6) is 2.47. The third-order valence-electron chi connectivity index (χ3n) is 11.3. The second kappa shape index (κ2) is 11.5. The van der Waals surface area contributed by atoms with Gasteiger partial charge in [0.2, 0.25) is 0 Å². The molecule has 2 aromatic heterocycles. The van der Waals surface area contributed by atoms with Crippen LogP contribution in [0.25, 0.3) is 33.5 Å². The zero-order valence-corrected chi connectivity index (χ0v) is 27.6. The molecule has 0 radical (unpaired) electrons. The minimum atomic E-state index is -0.121. The maximum absolute atomic E-state index is 14.0. The van der Waals surface area contributed by atoms with Crippen LogP contribution >= 0.6 is 0 Å². The number of hydrogen-bond acceptors (Lipinski definition) is 6. The summed E-state index contributed by atoms with van der Waals surface area (Å²) < 4.78 is 10.7. The number of likely N-dealkylation sites (tertiary alicyclic amines) is 2. The molecule has 9 rings (SSSR count). The Hall–Kier alpha value is -5.14. The molecule has 2 N–H and O–H groups in total. The first-order chi connectivity index (χ1) is 23.9. The van der Waals surface area contributed by atoms with Gasteiger partial charge in [-0.2, -0.15) is 5.26 Å². The van der Waals surface area contributed by atoms with Gasteiger partial charge in [-0.05, 0) is 73.9 Å². The summed E-state index contributed by atoms with van der Waals surface area (Å²) in [6.07, 6.45) is 4.48. The zero-order valence-electron chi connectivity index (χ0n) is 27.6. The molecule has 4 fully saturated rings. The van der Waals surface area contributed by atoms with E-state index in [4.69, 9.17) is 15.5 Å². The Balaban J connectivity index is 1.12. The first-order valence-electron chi connectivity index (χ1n) is 17.4. The molecule has 3 atom stereocenters. The Morgan fingerprint density at radius 1 is 0.918 bits per heavy atom. The van der Waals surface area contributed by atoms with E-state index in [1.807, 2.05) is 21.9 Å². The van der Waals surface area contributed by atoms with Crippen LogP contribution in [0.2, 0.25) is 0 Å². The number of methoxy groups -OCH3 is 1. The highest BCUT2D eigenvalue weighted by molar-refractivity contribution is 6.01. The monoisotopic (exact) mass is 653 g/mol. The van der Waals surface area contributed by atoms with Crippen LogP contribution in [0.15, 0.2) is 66.7 Å². The van der Waals surface area contributed by atoms with Crippen molar-refractivity contribution in [2.75, 3.05) is 26.7 Å². The number of benzene rings is 3. The van der Waals surface area contributed by atoms with Crippen molar-refractivity contribution in [1.82, 2.24) is 23.9 Å². The molecule has 49 heavy (non-hydrogen) atoms. The van der Waals surface area contributed by atoms with Gasteiger partial charge in [0.15, 0.2) is 5.82 Å². The molecule has 0 spiro atoms. The van der Waals surface area contributed by atoms with E-state index in [1.54, 1.807) is 31.4 Å². The molecule has 2 bridgehead atoms. The number of carbonyl (C=O) groups excluding carboxylic acids is 2. The van der Waals surface area contributed by atoms with E-state index < -0.39 is 0 Å². The minimum absolute atomic E-state index is 0.0207. The smallest absolute Gasteiger partial charge is 0.255 e. The van der Waals surface area contributed by atoms with E-state index in [0.29, 0.717) is 66.0 Å². The Kier molecular flexibility index (Phi) is 7.02. The summed E-state index contributed by atoms with van der Waals surface area (Å²) in [4.78, 5) is 36.4. The van der Waals surface area contributed by atoms with Gasteiger partial charge in [0.25, 0.3) is 11.8 Å². The van der Waals surface area contributed by atoms with Crippen LogP contribution in [0.1, 0.15) is 52.0 Å². The topological polar surface area (TPSA) is 122 Å². The maximum Gasteiger partial charge on any atom is 0.255 e. The predicted octanol–water partition coefficient (Wildman–Crippen LogP) is 5.28. The Labute approximate surface area is 284 Å². The number of ether oxygens (including phenoxy) is 1. The number of para-hydroxylation sites is 1. The number of piperidine rings is 1. The molecular weight excluding hydrogens is 614 g/mol. The fraction of sp³-hybridized carbons (Fsp3) is 0.385. The number of carbonyl (C=O) groups is 2. The van der Waals surface area contributed by atoms with Crippen molar-refractivity contribution in [3.05, 3.63) is 83.4 Å². The first-order valence-corrected chi connectivity index (χ1v) is 17.4. The molecule has 2 saturated heterocycles. The van der Waals surface area contributed by atoms with E-state index in [9.17, 15) is 14.9 Å². The lowest BCUT2D eigenvalue weighted by atomic mass is 9.97. The van der Waals surface area contributed by atoms with Gasteiger partial charge >= 0.3 is 0 Å². The largest absolute Gasteiger partial charge is 0.494 e. The summed E-state index contributed by atoms with van der Waals surface area (Å²) in [6.45, 7) is 3.38. The third kappa shape index (κ3) is 4.90. The molecule has 10 heteroatoms. The molecule has 2 aliphatic heterocycles. The molecular formula is C39H39N7O3. The molecule has 2 aliphatic carbocycles. The number of fused-ring (bicyclic) bond motifs is 4. The lowest BCUT2D eigenvalue weighted by Gasteiger charge is -2.40. The average Bonchev–Trinajstić information content (AvgIpc) is 3.47. The van der Waals surface area contributed by atoms with E-state index in [0.717, 1.165) is 41.8 Å². The molecule has 248 valence electrons. The number of nitrogens with zero attached hydrogens (tertiary/aromatic N) is 6. The Morgan fingerprint density at radius 2 is 1.69 bits per heavy atom. The third-order valence-corrected chi connectivity index (χ3v) is 11.3. The standard InChI is InChI=1S/C39H39N7O3/c1-49-34-16-28(38(47)45-22-27-12-13-32(45)35(27)41)14-30-36(34)46(21-24-18-43(19-24)39(48)29-8-4-2-7-26(29)17-40)37(42-30)33-15-25-6-3-5-9-31(25)44(33)20-23-10-11-23/h2-9,14-16,23-24,27,32,35H,10-13,18-22,41H2,1H3. The highest BCUT2D eigenvalue weighted by atomic mass is 16.5. The normalized spacial score (nSPS) is 21.8. The van der Waals surface area contributed by atoms with Gasteiger partial charge < -0.3 is 29.4 Å². The Bertz CT molecular complexity index is 2180. The number of nitrogens with two attached hydrogens (primary N) is 1. The molecule has 3 aromatic carbocycles. The SMILES string of the molecule is COc1cc(C(=O)N2CC3CCC2C3N)cc2nc(-c3cc4ccccc4n3CC3CC3)n(CC3CN(C(=O)c4ccccc4C#N)C3)c12. The van der Waals surface area contributed by atoms with Gasteiger partial charge in [-0.15, -0.1) is 0 Å². The van der Waals surface area contributed by atoms with Gasteiger partial charge in [0, 0.05) is 67.2 Å². The second-order valence-electron chi connectivity index (χ2n) is 14.4. The zero-order chi connectivity index (χ0) is 33.4. The van der Waals surface area contributed by atoms with Crippen LogP contribution < -0.4 is 10.5 Å². The molecule has 10 nitrogen and oxygen atoms in total. The van der Waals surface area contributed by atoms with E-state index in [-0.39, 0.29) is 29.8 Å². The van der Waals surface area contributed by atoms with E-state index in [1.165, 1.54) is 18.4 Å². The minimum Gasteiger partial charge on any atom is -0.494 e. The number of aromatic nitrogens is 3. The van der Waals surface area contributed by atoms with Crippen molar-refractivity contribution in [2.24, 2.45) is 23.5 Å². The summed E-state index contributed by atoms with van der Waals surface area (Å²) in [5, 5.41) is 10.7. The van der Waals surface area contributed by atoms with Crippen molar-refractivity contribution >= 4 is 33.8 Å². The summed E-state index contributed by atoms with van der Waals surface area (Å²) in [6, 6.07) is 23.7. The Morgan fingerprint density at radius 3 is 2.43 bits per heavy atom. The predicted molar refractivity (Wildman–Crippen MR) is 186 cm³/mol. The number of hydrogen-bond donors (Lipinski definition) is 1. The van der Waals surface area contributed by atoms with Crippen LogP contribution in [0.3, 0.4) is 0 Å². The molecule has 3 unspecified atom stereocenters. The van der Waals surface area contributed by atoms with Crippen LogP contribution in [0.4, 0.5) is 0 Å². The summed E-state index contributed by atoms with van der Waals surface area (Å²) in [7, 11) is 1.65. The molecule has 5 aromatic rings. The van der Waals surface area contributed by atoms with Crippen LogP contribution in [-0.2, 0) is 13.1 Å². The highest BCUT2D eigenvalue weighted by Crippen LogP contribution is 2.41. The van der Waals surface area contributed by atoms with Crippen LogP contribution in [0, 0.1) is 29.1 Å². The lowest BCUT2D eigenvalue weighted by Crippen LogP contribution is -2.51. The van der Waals surface area contributed by atoms with E-state index in [2.05, 4.69) is 45.5 Å². The lowest BCUT2D eigenvalue weighted by molar-refractivity contribution is 0.0471. The van der Waals surface area contributed by atoms with Crippen molar-refractivity contribution in [3.63, 3.8) is 0 Å². The fourth-order valence-electron chi connectivity index (χ4n) is 8.53. The van der Waals surface area contributed by atoms with Gasteiger partial charge in [-0.3, -0.25) is 9.59 Å².